The molecule has 1 aliphatic rings. The summed E-state index contributed by atoms with van der Waals surface area (Å²) in [6.45, 7) is 9.95. The summed E-state index contributed by atoms with van der Waals surface area (Å²) >= 11 is 1.25. The quantitative estimate of drug-likeness (QED) is 0.141. The average Bonchev–Trinajstić information content (AvgIpc) is 3.62. The van der Waals surface area contributed by atoms with E-state index in [0.29, 0.717) is 45.3 Å². The fraction of sp³-hybridized carbons (Fsp3) is 0.268. The second-order valence-electron chi connectivity index (χ2n) is 12.2. The molecule has 6 rings (SSSR count). The van der Waals surface area contributed by atoms with Gasteiger partial charge in [-0.05, 0) is 99.8 Å². The van der Waals surface area contributed by atoms with E-state index in [1.54, 1.807) is 32.0 Å². The van der Waals surface area contributed by atoms with Crippen LogP contribution in [0.2, 0.25) is 0 Å². The van der Waals surface area contributed by atoms with Gasteiger partial charge in [0.15, 0.2) is 22.9 Å². The standard InChI is InChI=1S/C41H41N3O8S/c1-7-49-34-21-29(14-19-33(34)52-24-36(45)48-6)38-37(40(47)50-8-2)26(4)42-41-44(38)39(46)35(53-41)22-30-20-25(3)43(27(30)5)31-15-17-32(18-16-31)51-23-28-12-10-9-11-13-28/h9-22,38H,7-8,23-24H2,1-6H3/b35-22+/t38-/m1/s1. The molecule has 0 fully saturated rings. The zero-order valence-corrected chi connectivity index (χ0v) is 31.3. The first kappa shape index (κ1) is 36.9. The number of hydrogen-bond acceptors (Lipinski definition) is 10. The lowest BCUT2D eigenvalue weighted by Crippen LogP contribution is -2.40. The Labute approximate surface area is 311 Å². The van der Waals surface area contributed by atoms with E-state index < -0.39 is 18.0 Å². The average molecular weight is 736 g/mol. The number of nitrogens with zero attached hydrogens (tertiary/aromatic N) is 3. The molecule has 0 radical (unpaired) electrons. The lowest BCUT2D eigenvalue weighted by Gasteiger charge is -2.25. The minimum Gasteiger partial charge on any atom is -0.490 e. The van der Waals surface area contributed by atoms with Crippen molar-refractivity contribution in [3.63, 3.8) is 0 Å². The van der Waals surface area contributed by atoms with Crippen LogP contribution in [-0.2, 0) is 25.7 Å². The molecule has 2 aromatic heterocycles. The number of allylic oxidation sites excluding steroid dienone is 1. The molecule has 0 bridgehead atoms. The predicted molar refractivity (Wildman–Crippen MR) is 202 cm³/mol. The van der Waals surface area contributed by atoms with Crippen LogP contribution < -0.4 is 29.1 Å². The van der Waals surface area contributed by atoms with Gasteiger partial charge in [-0.2, -0.15) is 0 Å². The van der Waals surface area contributed by atoms with E-state index >= 15 is 0 Å². The molecule has 0 amide bonds. The van der Waals surface area contributed by atoms with Gasteiger partial charge in [0.25, 0.3) is 5.56 Å². The van der Waals surface area contributed by atoms with Crippen molar-refractivity contribution >= 4 is 29.4 Å². The van der Waals surface area contributed by atoms with Gasteiger partial charge in [-0.1, -0.05) is 47.7 Å². The van der Waals surface area contributed by atoms with Gasteiger partial charge in [-0.3, -0.25) is 9.36 Å². The molecule has 274 valence electrons. The minimum atomic E-state index is -0.864. The fourth-order valence-corrected chi connectivity index (χ4v) is 7.33. The molecule has 11 nitrogen and oxygen atoms in total. The summed E-state index contributed by atoms with van der Waals surface area (Å²) in [7, 11) is 1.28. The van der Waals surface area contributed by atoms with Crippen LogP contribution in [0.15, 0.2) is 99.9 Å². The molecule has 3 heterocycles. The van der Waals surface area contributed by atoms with Crippen molar-refractivity contribution in [2.75, 3.05) is 26.9 Å². The van der Waals surface area contributed by atoms with Crippen LogP contribution in [0.4, 0.5) is 0 Å². The summed E-state index contributed by atoms with van der Waals surface area (Å²) in [5.74, 6) is 0.311. The topological polar surface area (TPSA) is 120 Å². The van der Waals surface area contributed by atoms with E-state index in [-0.39, 0.29) is 24.3 Å². The number of ether oxygens (including phenoxy) is 5. The Bertz CT molecular complexity index is 2350. The Hall–Kier alpha value is -5.88. The number of carbonyl (C=O) groups excluding carboxylic acids is 2. The molecule has 0 N–H and O–H groups in total. The lowest BCUT2D eigenvalue weighted by atomic mass is 9.95. The Balaban J connectivity index is 1.38. The highest BCUT2D eigenvalue weighted by Crippen LogP contribution is 2.36. The highest BCUT2D eigenvalue weighted by Gasteiger charge is 2.34. The molecule has 0 spiro atoms. The van der Waals surface area contributed by atoms with E-state index in [1.807, 2.05) is 87.5 Å². The van der Waals surface area contributed by atoms with Crippen molar-refractivity contribution < 1.29 is 33.3 Å². The van der Waals surface area contributed by atoms with E-state index in [0.717, 1.165) is 34.0 Å². The fourth-order valence-electron chi connectivity index (χ4n) is 6.29. The van der Waals surface area contributed by atoms with Crippen LogP contribution in [0.1, 0.15) is 54.9 Å². The molecular formula is C41H41N3O8S. The van der Waals surface area contributed by atoms with Crippen LogP contribution >= 0.6 is 11.3 Å². The molecular weight excluding hydrogens is 695 g/mol. The number of rotatable bonds is 13. The van der Waals surface area contributed by atoms with Crippen molar-refractivity contribution in [3.8, 4) is 22.9 Å². The van der Waals surface area contributed by atoms with Crippen molar-refractivity contribution in [3.05, 3.63) is 138 Å². The Kier molecular flexibility index (Phi) is 11.3. The maximum absolute atomic E-state index is 14.4. The first-order valence-electron chi connectivity index (χ1n) is 17.3. The molecule has 0 saturated carbocycles. The summed E-state index contributed by atoms with van der Waals surface area (Å²) in [4.78, 5) is 44.8. The second kappa shape index (κ2) is 16.2. The van der Waals surface area contributed by atoms with Crippen LogP contribution in [0.3, 0.4) is 0 Å². The van der Waals surface area contributed by atoms with Crippen LogP contribution in [-0.4, -0.2) is 48.0 Å². The van der Waals surface area contributed by atoms with Gasteiger partial charge in [-0.15, -0.1) is 0 Å². The van der Waals surface area contributed by atoms with Gasteiger partial charge in [-0.25, -0.2) is 14.6 Å². The van der Waals surface area contributed by atoms with E-state index in [1.165, 1.54) is 23.0 Å². The Morgan fingerprint density at radius 2 is 1.64 bits per heavy atom. The van der Waals surface area contributed by atoms with Crippen LogP contribution in [0, 0.1) is 13.8 Å². The number of fused-ring (bicyclic) bond motifs is 1. The molecule has 0 unspecified atom stereocenters. The third-order valence-corrected chi connectivity index (χ3v) is 9.76. The monoisotopic (exact) mass is 735 g/mol. The lowest BCUT2D eigenvalue weighted by molar-refractivity contribution is -0.143. The van der Waals surface area contributed by atoms with Gasteiger partial charge in [0.2, 0.25) is 0 Å². The number of benzene rings is 3. The smallest absolute Gasteiger partial charge is 0.343 e. The van der Waals surface area contributed by atoms with E-state index in [4.69, 9.17) is 28.7 Å². The molecule has 0 saturated heterocycles. The second-order valence-corrected chi connectivity index (χ2v) is 13.2. The zero-order valence-electron chi connectivity index (χ0n) is 30.5. The van der Waals surface area contributed by atoms with E-state index in [2.05, 4.69) is 4.57 Å². The minimum absolute atomic E-state index is 0.149. The normalized spacial score (nSPS) is 14.0. The van der Waals surface area contributed by atoms with Crippen LogP contribution in [0.5, 0.6) is 17.2 Å². The highest BCUT2D eigenvalue weighted by molar-refractivity contribution is 7.07. The molecule has 0 aliphatic carbocycles. The van der Waals surface area contributed by atoms with Crippen molar-refractivity contribution in [2.45, 2.75) is 47.3 Å². The summed E-state index contributed by atoms with van der Waals surface area (Å²) in [6, 6.07) is 24.2. The number of methoxy groups -OCH3 is 1. The summed E-state index contributed by atoms with van der Waals surface area (Å²) < 4.78 is 31.8. The largest absolute Gasteiger partial charge is 0.490 e. The number of thiazole rings is 1. The number of aromatic nitrogens is 2. The van der Waals surface area contributed by atoms with Gasteiger partial charge in [0.1, 0.15) is 12.4 Å². The molecule has 5 aromatic rings. The SMILES string of the molecule is CCOC(=O)C1=C(C)N=c2s/c(=C/c3cc(C)n(-c4ccc(OCc5ccccc5)cc4)c3C)c(=O)n2[C@@H]1c1ccc(OCC(=O)OC)c(OCC)c1. The maximum atomic E-state index is 14.4. The summed E-state index contributed by atoms with van der Waals surface area (Å²) in [5.41, 5.74) is 5.85. The molecule has 1 aliphatic heterocycles. The summed E-state index contributed by atoms with van der Waals surface area (Å²) in [6.07, 6.45) is 1.87. The third-order valence-electron chi connectivity index (χ3n) is 8.77. The summed E-state index contributed by atoms with van der Waals surface area (Å²) in [5, 5.41) is 0. The predicted octanol–water partition coefficient (Wildman–Crippen LogP) is 5.74. The Morgan fingerprint density at radius 3 is 2.34 bits per heavy atom. The Morgan fingerprint density at radius 1 is 0.887 bits per heavy atom. The first-order valence-corrected chi connectivity index (χ1v) is 18.1. The molecule has 1 atom stereocenters. The highest BCUT2D eigenvalue weighted by atomic mass is 32.1. The number of carbonyl (C=O) groups is 2. The maximum Gasteiger partial charge on any atom is 0.343 e. The molecule has 12 heteroatoms. The van der Waals surface area contributed by atoms with Crippen molar-refractivity contribution in [2.24, 2.45) is 4.99 Å². The molecule has 3 aromatic carbocycles. The molecule has 53 heavy (non-hydrogen) atoms. The zero-order chi connectivity index (χ0) is 37.6. The van der Waals surface area contributed by atoms with Crippen molar-refractivity contribution in [1.82, 2.24) is 9.13 Å². The van der Waals surface area contributed by atoms with Gasteiger partial charge in [0.05, 0.1) is 42.2 Å². The van der Waals surface area contributed by atoms with Crippen molar-refractivity contribution in [1.29, 1.82) is 0 Å². The van der Waals surface area contributed by atoms with Gasteiger partial charge >= 0.3 is 11.9 Å². The van der Waals surface area contributed by atoms with Gasteiger partial charge < -0.3 is 28.3 Å². The number of esters is 2. The first-order chi connectivity index (χ1) is 25.6. The van der Waals surface area contributed by atoms with E-state index in [9.17, 15) is 14.4 Å². The third kappa shape index (κ3) is 7.82. The van der Waals surface area contributed by atoms with Gasteiger partial charge in [0, 0.05) is 17.1 Å². The number of hydrogen-bond donors (Lipinski definition) is 0. The number of aryl methyl sites for hydroxylation is 1. The van der Waals surface area contributed by atoms with Crippen LogP contribution in [0.25, 0.3) is 11.8 Å².